The summed E-state index contributed by atoms with van der Waals surface area (Å²) in [5.41, 5.74) is 0.445. The predicted octanol–water partition coefficient (Wildman–Crippen LogP) is 2.68. The van der Waals surface area contributed by atoms with Crippen LogP contribution in [0, 0.1) is 0 Å². The normalized spacial score (nSPS) is 16.3. The molecule has 0 bridgehead atoms. The maximum absolute atomic E-state index is 12.9. The lowest BCUT2D eigenvalue weighted by Crippen LogP contribution is -2.37. The SMILES string of the molecule is CC(C)N[C@@H]1CCN(c2ncc(-c3c(O)cc(-c4cn[nH]c4)cc3OC(=O)C(F)(F)F)nn2)C1. The number of nitrogens with zero attached hydrogens (tertiary/aromatic N) is 5. The van der Waals surface area contributed by atoms with Gasteiger partial charge in [0.05, 0.1) is 18.0 Å². The minimum absolute atomic E-state index is 0.0546. The van der Waals surface area contributed by atoms with Crippen LogP contribution in [0.3, 0.4) is 0 Å². The average molecular weight is 477 g/mol. The van der Waals surface area contributed by atoms with Gasteiger partial charge in [0.25, 0.3) is 0 Å². The average Bonchev–Trinajstić information content (AvgIpc) is 3.45. The van der Waals surface area contributed by atoms with Gasteiger partial charge in [0.15, 0.2) is 0 Å². The summed E-state index contributed by atoms with van der Waals surface area (Å²) in [5.74, 6) is -3.09. The molecule has 34 heavy (non-hydrogen) atoms. The van der Waals surface area contributed by atoms with Crippen molar-refractivity contribution in [3.05, 3.63) is 30.7 Å². The number of aromatic amines is 1. The standard InChI is InChI=1S/C21H22F3N7O3/c1-11(2)28-14-3-4-31(10-14)20-25-9-15(29-30-20)18-16(32)5-12(13-7-26-27-8-13)6-17(18)34-19(33)21(22,23)24/h5-9,11,14,28,32H,3-4,10H2,1-2H3,(H,26,27)/t14-/m1/s1. The van der Waals surface area contributed by atoms with Gasteiger partial charge in [0, 0.05) is 36.9 Å². The Morgan fingerprint density at radius 2 is 2.06 bits per heavy atom. The topological polar surface area (TPSA) is 129 Å². The number of aromatic hydroxyl groups is 1. The first-order chi connectivity index (χ1) is 16.1. The highest BCUT2D eigenvalue weighted by molar-refractivity contribution is 5.85. The fourth-order valence-electron chi connectivity index (χ4n) is 3.75. The van der Waals surface area contributed by atoms with Gasteiger partial charge in [-0.15, -0.1) is 10.2 Å². The van der Waals surface area contributed by atoms with Crippen LogP contribution in [0.4, 0.5) is 19.1 Å². The molecular formula is C21H22F3N7O3. The number of ether oxygens (including phenoxy) is 1. The molecule has 0 saturated carbocycles. The lowest BCUT2D eigenvalue weighted by Gasteiger charge is -2.18. The molecule has 10 nitrogen and oxygen atoms in total. The van der Waals surface area contributed by atoms with Crippen LogP contribution in [-0.2, 0) is 4.79 Å². The molecule has 1 fully saturated rings. The Balaban J connectivity index is 1.65. The van der Waals surface area contributed by atoms with E-state index in [1.165, 1.54) is 30.7 Å². The van der Waals surface area contributed by atoms with Crippen molar-refractivity contribution in [2.75, 3.05) is 18.0 Å². The fourth-order valence-corrected chi connectivity index (χ4v) is 3.75. The third kappa shape index (κ3) is 5.09. The zero-order valence-electron chi connectivity index (χ0n) is 18.3. The second kappa shape index (κ2) is 9.25. The number of hydrogen-bond acceptors (Lipinski definition) is 9. The van der Waals surface area contributed by atoms with Crippen molar-refractivity contribution >= 4 is 11.9 Å². The molecule has 4 rings (SSSR count). The van der Waals surface area contributed by atoms with Crippen molar-refractivity contribution in [1.82, 2.24) is 30.7 Å². The van der Waals surface area contributed by atoms with E-state index in [-0.39, 0.29) is 22.9 Å². The van der Waals surface area contributed by atoms with Gasteiger partial charge in [0.1, 0.15) is 17.2 Å². The number of aromatic nitrogens is 5. The fraction of sp³-hybridized carbons (Fsp3) is 0.381. The van der Waals surface area contributed by atoms with E-state index in [2.05, 4.69) is 49.3 Å². The second-order valence-electron chi connectivity index (χ2n) is 8.14. The highest BCUT2D eigenvalue weighted by Crippen LogP contribution is 2.41. The van der Waals surface area contributed by atoms with Gasteiger partial charge >= 0.3 is 12.1 Å². The molecule has 0 aliphatic carbocycles. The summed E-state index contributed by atoms with van der Waals surface area (Å²) in [5, 5.41) is 28.5. The number of hydrogen-bond donors (Lipinski definition) is 3. The summed E-state index contributed by atoms with van der Waals surface area (Å²) in [6.07, 6.45) is -0.197. The Labute approximate surface area is 192 Å². The van der Waals surface area contributed by atoms with Gasteiger partial charge in [-0.25, -0.2) is 9.78 Å². The number of alkyl halides is 3. The molecule has 1 aromatic carbocycles. The van der Waals surface area contributed by atoms with E-state index in [0.717, 1.165) is 6.42 Å². The monoisotopic (exact) mass is 477 g/mol. The van der Waals surface area contributed by atoms with Crippen LogP contribution in [0.25, 0.3) is 22.4 Å². The minimum atomic E-state index is -5.23. The zero-order valence-corrected chi connectivity index (χ0v) is 18.3. The molecule has 13 heteroatoms. The highest BCUT2D eigenvalue weighted by atomic mass is 19.4. The molecule has 3 aromatic rings. The predicted molar refractivity (Wildman–Crippen MR) is 115 cm³/mol. The van der Waals surface area contributed by atoms with Gasteiger partial charge in [-0.05, 0) is 24.1 Å². The Morgan fingerprint density at radius 3 is 2.68 bits per heavy atom. The Kier molecular flexibility index (Phi) is 6.37. The third-order valence-electron chi connectivity index (χ3n) is 5.19. The number of halogens is 3. The van der Waals surface area contributed by atoms with Gasteiger partial charge in [-0.2, -0.15) is 18.3 Å². The summed E-state index contributed by atoms with van der Waals surface area (Å²) in [7, 11) is 0. The number of H-pyrrole nitrogens is 1. The number of phenolic OH excluding ortho intramolecular Hbond substituents is 1. The summed E-state index contributed by atoms with van der Waals surface area (Å²) < 4.78 is 43.2. The van der Waals surface area contributed by atoms with Crippen molar-refractivity contribution in [2.45, 2.75) is 38.5 Å². The van der Waals surface area contributed by atoms with Crippen molar-refractivity contribution in [3.8, 4) is 33.9 Å². The number of carbonyl (C=O) groups is 1. The van der Waals surface area contributed by atoms with Crippen molar-refractivity contribution in [2.24, 2.45) is 0 Å². The van der Waals surface area contributed by atoms with Gasteiger partial charge < -0.3 is 20.1 Å². The molecule has 3 heterocycles. The number of rotatable bonds is 6. The van der Waals surface area contributed by atoms with Crippen molar-refractivity contribution in [1.29, 1.82) is 0 Å². The van der Waals surface area contributed by atoms with E-state index in [1.54, 1.807) is 0 Å². The maximum Gasteiger partial charge on any atom is 0.491 e. The van der Waals surface area contributed by atoms with E-state index in [4.69, 9.17) is 0 Å². The van der Waals surface area contributed by atoms with Crippen LogP contribution in [0.5, 0.6) is 11.5 Å². The van der Waals surface area contributed by atoms with Gasteiger partial charge in [0.2, 0.25) is 5.95 Å². The van der Waals surface area contributed by atoms with Crippen LogP contribution >= 0.6 is 0 Å². The molecule has 0 unspecified atom stereocenters. The van der Waals surface area contributed by atoms with Crippen LogP contribution < -0.4 is 15.0 Å². The van der Waals surface area contributed by atoms with Crippen LogP contribution in [0.15, 0.2) is 30.7 Å². The molecule has 1 saturated heterocycles. The van der Waals surface area contributed by atoms with Crippen LogP contribution in [-0.4, -0.2) is 67.8 Å². The minimum Gasteiger partial charge on any atom is -0.507 e. The molecule has 1 aliphatic rings. The van der Waals surface area contributed by atoms with Crippen LogP contribution in [0.1, 0.15) is 20.3 Å². The number of esters is 1. The molecule has 0 amide bonds. The lowest BCUT2D eigenvalue weighted by molar-refractivity contribution is -0.189. The van der Waals surface area contributed by atoms with Crippen LogP contribution in [0.2, 0.25) is 0 Å². The first kappa shape index (κ1) is 23.4. The van der Waals surface area contributed by atoms with Gasteiger partial charge in [-0.1, -0.05) is 13.8 Å². The largest absolute Gasteiger partial charge is 0.507 e. The Hall–Kier alpha value is -3.74. The molecule has 3 N–H and O–H groups in total. The van der Waals surface area contributed by atoms with E-state index < -0.39 is 23.6 Å². The molecular weight excluding hydrogens is 455 g/mol. The molecule has 2 aromatic heterocycles. The number of carbonyl (C=O) groups excluding carboxylic acids is 1. The first-order valence-corrected chi connectivity index (χ1v) is 10.5. The lowest BCUT2D eigenvalue weighted by atomic mass is 10.0. The number of nitrogens with one attached hydrogen (secondary N) is 2. The van der Waals surface area contributed by atoms with Crippen molar-refractivity contribution in [3.63, 3.8) is 0 Å². The molecule has 0 spiro atoms. The number of phenols is 1. The maximum atomic E-state index is 12.9. The van der Waals surface area contributed by atoms with E-state index in [9.17, 15) is 23.1 Å². The zero-order chi connectivity index (χ0) is 24.5. The summed E-state index contributed by atoms with van der Waals surface area (Å²) in [4.78, 5) is 17.8. The summed E-state index contributed by atoms with van der Waals surface area (Å²) in [6.45, 7) is 5.51. The molecule has 0 radical (unpaired) electrons. The van der Waals surface area contributed by atoms with Crippen molar-refractivity contribution < 1.29 is 27.8 Å². The molecule has 1 atom stereocenters. The third-order valence-corrected chi connectivity index (χ3v) is 5.19. The van der Waals surface area contributed by atoms with Gasteiger partial charge in [-0.3, -0.25) is 5.10 Å². The second-order valence-corrected chi connectivity index (χ2v) is 8.14. The Bertz CT molecular complexity index is 1150. The first-order valence-electron chi connectivity index (χ1n) is 10.5. The quantitative estimate of drug-likeness (QED) is 0.362. The Morgan fingerprint density at radius 1 is 1.26 bits per heavy atom. The van der Waals surface area contributed by atoms with E-state index >= 15 is 0 Å². The highest BCUT2D eigenvalue weighted by Gasteiger charge is 2.42. The summed E-state index contributed by atoms with van der Waals surface area (Å²) >= 11 is 0. The van der Waals surface area contributed by atoms with E-state index in [0.29, 0.717) is 30.6 Å². The van der Waals surface area contributed by atoms with E-state index in [1.807, 2.05) is 4.90 Å². The number of anilines is 1. The smallest absolute Gasteiger partial charge is 0.491 e. The number of benzene rings is 1. The summed E-state index contributed by atoms with van der Waals surface area (Å²) in [6, 6.07) is 3.08. The molecule has 1 aliphatic heterocycles. The molecule has 180 valence electrons.